The zero-order chi connectivity index (χ0) is 13.2. The molecule has 0 saturated heterocycles. The monoisotopic (exact) mass is 250 g/mol. The molecule has 0 heterocycles. The highest BCUT2D eigenvalue weighted by molar-refractivity contribution is 5.35. The molecule has 3 N–H and O–H groups in total. The fraction of sp³-hybridized carbons (Fsp3) is 0.600. The highest BCUT2D eigenvalue weighted by Crippen LogP contribution is 2.28. The molecular weight excluding hydrogens is 224 g/mol. The number of para-hydroxylation sites is 1. The molecular formula is C15H26N2O. The SMILES string of the molecule is CC[C@H](C)c1ccccc1OCCCNCCN. The van der Waals surface area contributed by atoms with Crippen LogP contribution in [0.1, 0.15) is 38.2 Å². The Kier molecular flexibility index (Phi) is 7.46. The normalized spacial score (nSPS) is 12.4. The minimum atomic E-state index is 0.552. The topological polar surface area (TPSA) is 47.3 Å². The standard InChI is InChI=1S/C15H26N2O/c1-3-13(2)14-7-4-5-8-15(14)18-12-6-10-17-11-9-16/h4-5,7-8,13,17H,3,6,9-12,16H2,1-2H3/t13-/m0/s1. The molecule has 1 aromatic carbocycles. The third kappa shape index (κ3) is 5.07. The van der Waals surface area contributed by atoms with Crippen molar-refractivity contribution in [2.24, 2.45) is 5.73 Å². The first-order valence-electron chi connectivity index (χ1n) is 6.92. The molecule has 0 aliphatic rings. The van der Waals surface area contributed by atoms with Gasteiger partial charge in [-0.15, -0.1) is 0 Å². The van der Waals surface area contributed by atoms with E-state index in [1.807, 2.05) is 6.07 Å². The van der Waals surface area contributed by atoms with Gasteiger partial charge in [0, 0.05) is 13.1 Å². The van der Waals surface area contributed by atoms with Gasteiger partial charge in [-0.2, -0.15) is 0 Å². The van der Waals surface area contributed by atoms with Crippen LogP contribution in [0.2, 0.25) is 0 Å². The molecule has 1 atom stereocenters. The average molecular weight is 250 g/mol. The third-order valence-corrected chi connectivity index (χ3v) is 3.14. The zero-order valence-electron chi connectivity index (χ0n) is 11.6. The van der Waals surface area contributed by atoms with Gasteiger partial charge in [-0.05, 0) is 36.9 Å². The highest BCUT2D eigenvalue weighted by Gasteiger charge is 2.08. The maximum Gasteiger partial charge on any atom is 0.122 e. The largest absolute Gasteiger partial charge is 0.493 e. The Balaban J connectivity index is 2.37. The Morgan fingerprint density at radius 3 is 2.78 bits per heavy atom. The van der Waals surface area contributed by atoms with Gasteiger partial charge in [-0.1, -0.05) is 32.0 Å². The number of rotatable bonds is 9. The molecule has 1 aromatic rings. The maximum atomic E-state index is 5.87. The molecule has 0 amide bonds. The van der Waals surface area contributed by atoms with Crippen LogP contribution in [0.5, 0.6) is 5.75 Å². The molecule has 0 spiro atoms. The second kappa shape index (κ2) is 8.95. The molecule has 102 valence electrons. The fourth-order valence-electron chi connectivity index (χ4n) is 1.85. The lowest BCUT2D eigenvalue weighted by Gasteiger charge is -2.15. The predicted molar refractivity (Wildman–Crippen MR) is 77.2 cm³/mol. The van der Waals surface area contributed by atoms with Crippen molar-refractivity contribution in [3.05, 3.63) is 29.8 Å². The Morgan fingerprint density at radius 1 is 1.28 bits per heavy atom. The van der Waals surface area contributed by atoms with Crippen LogP contribution in [-0.4, -0.2) is 26.2 Å². The van der Waals surface area contributed by atoms with Crippen LogP contribution in [0, 0.1) is 0 Å². The molecule has 3 nitrogen and oxygen atoms in total. The Morgan fingerprint density at radius 2 is 2.06 bits per heavy atom. The molecule has 1 rings (SSSR count). The van der Waals surface area contributed by atoms with E-state index >= 15 is 0 Å². The number of nitrogens with two attached hydrogens (primary N) is 1. The van der Waals surface area contributed by atoms with Crippen molar-refractivity contribution in [2.75, 3.05) is 26.2 Å². The van der Waals surface area contributed by atoms with Crippen molar-refractivity contribution in [1.82, 2.24) is 5.32 Å². The van der Waals surface area contributed by atoms with Crippen molar-refractivity contribution >= 4 is 0 Å². The van der Waals surface area contributed by atoms with E-state index < -0.39 is 0 Å². The summed E-state index contributed by atoms with van der Waals surface area (Å²) in [4.78, 5) is 0. The lowest BCUT2D eigenvalue weighted by molar-refractivity contribution is 0.304. The van der Waals surface area contributed by atoms with Crippen LogP contribution in [0.3, 0.4) is 0 Å². The maximum absolute atomic E-state index is 5.87. The summed E-state index contributed by atoms with van der Waals surface area (Å²) >= 11 is 0. The van der Waals surface area contributed by atoms with Crippen LogP contribution in [0.25, 0.3) is 0 Å². The smallest absolute Gasteiger partial charge is 0.122 e. The summed E-state index contributed by atoms with van der Waals surface area (Å²) < 4.78 is 5.87. The molecule has 0 aromatic heterocycles. The minimum Gasteiger partial charge on any atom is -0.493 e. The van der Waals surface area contributed by atoms with Gasteiger partial charge in [0.05, 0.1) is 6.61 Å². The Bertz CT molecular complexity index is 328. The van der Waals surface area contributed by atoms with Gasteiger partial charge >= 0.3 is 0 Å². The molecule has 0 aliphatic heterocycles. The first-order valence-corrected chi connectivity index (χ1v) is 6.92. The van der Waals surface area contributed by atoms with Gasteiger partial charge in [-0.25, -0.2) is 0 Å². The zero-order valence-corrected chi connectivity index (χ0v) is 11.6. The van der Waals surface area contributed by atoms with E-state index in [0.29, 0.717) is 12.5 Å². The number of benzene rings is 1. The summed E-state index contributed by atoms with van der Waals surface area (Å²) in [6.45, 7) is 7.73. The first kappa shape index (κ1) is 15.0. The van der Waals surface area contributed by atoms with Crippen molar-refractivity contribution in [3.8, 4) is 5.75 Å². The van der Waals surface area contributed by atoms with Crippen molar-refractivity contribution in [1.29, 1.82) is 0 Å². The molecule has 0 bridgehead atoms. The number of hydrogen-bond acceptors (Lipinski definition) is 3. The third-order valence-electron chi connectivity index (χ3n) is 3.14. The van der Waals surface area contributed by atoms with Gasteiger partial charge in [0.15, 0.2) is 0 Å². The molecule has 0 saturated carbocycles. The van der Waals surface area contributed by atoms with E-state index in [4.69, 9.17) is 10.5 Å². The van der Waals surface area contributed by atoms with E-state index in [9.17, 15) is 0 Å². The lowest BCUT2D eigenvalue weighted by Crippen LogP contribution is -2.24. The number of ether oxygens (including phenoxy) is 1. The van der Waals surface area contributed by atoms with E-state index in [1.54, 1.807) is 0 Å². The van der Waals surface area contributed by atoms with Crippen molar-refractivity contribution in [3.63, 3.8) is 0 Å². The van der Waals surface area contributed by atoms with Crippen molar-refractivity contribution < 1.29 is 4.74 Å². The van der Waals surface area contributed by atoms with E-state index in [0.717, 1.165) is 38.3 Å². The van der Waals surface area contributed by atoms with Crippen LogP contribution in [0.4, 0.5) is 0 Å². The van der Waals surface area contributed by atoms with Gasteiger partial charge < -0.3 is 15.8 Å². The molecule has 0 unspecified atom stereocenters. The van der Waals surface area contributed by atoms with E-state index in [-0.39, 0.29) is 0 Å². The second-order valence-electron chi connectivity index (χ2n) is 4.59. The van der Waals surface area contributed by atoms with Gasteiger partial charge in [-0.3, -0.25) is 0 Å². The molecule has 0 radical (unpaired) electrons. The van der Waals surface area contributed by atoms with Crippen LogP contribution in [-0.2, 0) is 0 Å². The second-order valence-corrected chi connectivity index (χ2v) is 4.59. The summed E-state index contributed by atoms with van der Waals surface area (Å²) in [6, 6.07) is 8.34. The number of nitrogens with one attached hydrogen (secondary N) is 1. The highest BCUT2D eigenvalue weighted by atomic mass is 16.5. The van der Waals surface area contributed by atoms with Crippen LogP contribution >= 0.6 is 0 Å². The Hall–Kier alpha value is -1.06. The van der Waals surface area contributed by atoms with E-state index in [2.05, 4.69) is 37.4 Å². The minimum absolute atomic E-state index is 0.552. The van der Waals surface area contributed by atoms with Gasteiger partial charge in [0.25, 0.3) is 0 Å². The first-order chi connectivity index (χ1) is 8.79. The van der Waals surface area contributed by atoms with Crippen LogP contribution < -0.4 is 15.8 Å². The van der Waals surface area contributed by atoms with E-state index in [1.165, 1.54) is 5.56 Å². The molecule has 0 aliphatic carbocycles. The summed E-state index contributed by atoms with van der Waals surface area (Å²) in [6.07, 6.45) is 2.15. The summed E-state index contributed by atoms with van der Waals surface area (Å²) in [7, 11) is 0. The predicted octanol–water partition coefficient (Wildman–Crippen LogP) is 2.52. The fourth-order valence-corrected chi connectivity index (χ4v) is 1.85. The quantitative estimate of drug-likeness (QED) is 0.662. The number of hydrogen-bond donors (Lipinski definition) is 2. The summed E-state index contributed by atoms with van der Waals surface area (Å²) in [5.41, 5.74) is 6.72. The van der Waals surface area contributed by atoms with Crippen molar-refractivity contribution in [2.45, 2.75) is 32.6 Å². The lowest BCUT2D eigenvalue weighted by atomic mass is 9.98. The summed E-state index contributed by atoms with van der Waals surface area (Å²) in [5, 5.41) is 3.26. The molecule has 0 fully saturated rings. The Labute approximate surface area is 111 Å². The van der Waals surface area contributed by atoms with Gasteiger partial charge in [0.2, 0.25) is 0 Å². The molecule has 3 heteroatoms. The summed E-state index contributed by atoms with van der Waals surface area (Å²) in [5.74, 6) is 1.59. The van der Waals surface area contributed by atoms with Crippen LogP contribution in [0.15, 0.2) is 24.3 Å². The average Bonchev–Trinajstić information content (AvgIpc) is 2.42. The van der Waals surface area contributed by atoms with Gasteiger partial charge in [0.1, 0.15) is 5.75 Å². The molecule has 18 heavy (non-hydrogen) atoms.